The molecule has 1 aliphatic heterocycles. The van der Waals surface area contributed by atoms with E-state index in [1.807, 2.05) is 0 Å². The fourth-order valence-electron chi connectivity index (χ4n) is 3.15. The third-order valence-electron chi connectivity index (χ3n) is 4.96. The molecule has 176 valence electrons. The molecule has 0 atom stereocenters. The lowest BCUT2D eigenvalue weighted by Crippen LogP contribution is -2.53. The molecule has 33 heavy (non-hydrogen) atoms. The molecule has 0 N–H and O–H groups in total. The molecule has 0 bridgehead atoms. The molecule has 4 rings (SSSR count). The summed E-state index contributed by atoms with van der Waals surface area (Å²) in [5.74, 6) is -0.0776. The van der Waals surface area contributed by atoms with Crippen molar-refractivity contribution in [3.8, 4) is 11.5 Å². The SMILES string of the molecule is Cn1nnc(-c2ncc(C(F)(F)F)cn2)c1Cn1ncc(N2CC(OCC(F)F)C2)cc1=O. The molecule has 0 spiro atoms. The Morgan fingerprint density at radius 1 is 1.18 bits per heavy atom. The molecule has 1 aliphatic rings. The number of rotatable bonds is 7. The third kappa shape index (κ3) is 4.97. The fraction of sp³-hybridized carbons (Fsp3) is 0.444. The number of hydrogen-bond donors (Lipinski definition) is 0. The van der Waals surface area contributed by atoms with Gasteiger partial charge in [-0.1, -0.05) is 5.21 Å². The number of nitrogens with zero attached hydrogens (tertiary/aromatic N) is 8. The molecule has 3 aromatic heterocycles. The van der Waals surface area contributed by atoms with Gasteiger partial charge in [-0.3, -0.25) is 4.79 Å². The van der Waals surface area contributed by atoms with Crippen molar-refractivity contribution in [2.45, 2.75) is 25.3 Å². The summed E-state index contributed by atoms with van der Waals surface area (Å²) in [7, 11) is 1.55. The number of aryl methyl sites for hydroxylation is 1. The van der Waals surface area contributed by atoms with E-state index in [-0.39, 0.29) is 24.2 Å². The summed E-state index contributed by atoms with van der Waals surface area (Å²) in [4.78, 5) is 21.8. The van der Waals surface area contributed by atoms with Gasteiger partial charge in [0, 0.05) is 38.6 Å². The van der Waals surface area contributed by atoms with Crippen LogP contribution in [0.3, 0.4) is 0 Å². The average Bonchev–Trinajstić information content (AvgIpc) is 3.08. The summed E-state index contributed by atoms with van der Waals surface area (Å²) in [5.41, 5.74) is -0.460. The quantitative estimate of drug-likeness (QED) is 0.475. The molecule has 4 heterocycles. The van der Waals surface area contributed by atoms with Crippen LogP contribution in [-0.4, -0.2) is 67.0 Å². The molecule has 0 radical (unpaired) electrons. The second-order valence-electron chi connectivity index (χ2n) is 7.26. The lowest BCUT2D eigenvalue weighted by Gasteiger charge is -2.40. The Morgan fingerprint density at radius 2 is 1.88 bits per heavy atom. The maximum absolute atomic E-state index is 12.7. The average molecular weight is 472 g/mol. The van der Waals surface area contributed by atoms with Crippen molar-refractivity contribution in [2.75, 3.05) is 24.6 Å². The van der Waals surface area contributed by atoms with E-state index in [0.717, 1.165) is 4.68 Å². The van der Waals surface area contributed by atoms with Gasteiger partial charge < -0.3 is 9.64 Å². The topological polar surface area (TPSA) is 104 Å². The minimum absolute atomic E-state index is 0.0776. The fourth-order valence-corrected chi connectivity index (χ4v) is 3.15. The van der Waals surface area contributed by atoms with Crippen LogP contribution in [0.4, 0.5) is 27.6 Å². The molecule has 10 nitrogen and oxygen atoms in total. The Balaban J connectivity index is 1.48. The first-order chi connectivity index (χ1) is 15.6. The number of aromatic nitrogens is 7. The van der Waals surface area contributed by atoms with Gasteiger partial charge in [0.05, 0.1) is 35.8 Å². The van der Waals surface area contributed by atoms with Gasteiger partial charge in [0.1, 0.15) is 6.61 Å². The maximum Gasteiger partial charge on any atom is 0.419 e. The molecule has 0 aromatic carbocycles. The summed E-state index contributed by atoms with van der Waals surface area (Å²) < 4.78 is 70.1. The van der Waals surface area contributed by atoms with E-state index in [9.17, 15) is 26.7 Å². The highest BCUT2D eigenvalue weighted by Gasteiger charge is 2.32. The smallest absolute Gasteiger partial charge is 0.369 e. The molecule has 3 aromatic rings. The number of hydrogen-bond acceptors (Lipinski definition) is 8. The van der Waals surface area contributed by atoms with Crippen molar-refractivity contribution >= 4 is 5.69 Å². The first kappa shape index (κ1) is 22.7. The lowest BCUT2D eigenvalue weighted by molar-refractivity contribution is -0.138. The van der Waals surface area contributed by atoms with Crippen molar-refractivity contribution in [1.82, 2.24) is 34.7 Å². The van der Waals surface area contributed by atoms with Crippen LogP contribution in [-0.2, 0) is 24.5 Å². The van der Waals surface area contributed by atoms with E-state index in [1.54, 1.807) is 11.9 Å². The first-order valence-corrected chi connectivity index (χ1v) is 9.62. The van der Waals surface area contributed by atoms with E-state index in [4.69, 9.17) is 4.74 Å². The van der Waals surface area contributed by atoms with E-state index >= 15 is 0 Å². The molecular formula is C18H17F5N8O2. The number of halogens is 5. The van der Waals surface area contributed by atoms with Gasteiger partial charge >= 0.3 is 6.18 Å². The molecule has 0 aliphatic carbocycles. The Labute approximate surface area is 182 Å². The number of ether oxygens (including phenoxy) is 1. The lowest BCUT2D eigenvalue weighted by atomic mass is 10.1. The van der Waals surface area contributed by atoms with Gasteiger partial charge in [0.25, 0.3) is 12.0 Å². The summed E-state index contributed by atoms with van der Waals surface area (Å²) in [5, 5.41) is 11.9. The van der Waals surface area contributed by atoms with Gasteiger partial charge in [-0.05, 0) is 0 Å². The highest BCUT2D eigenvalue weighted by molar-refractivity contribution is 5.52. The van der Waals surface area contributed by atoms with Crippen LogP contribution in [0.2, 0.25) is 0 Å². The van der Waals surface area contributed by atoms with Gasteiger partial charge in [0.15, 0.2) is 11.5 Å². The molecule has 0 amide bonds. The van der Waals surface area contributed by atoms with Crippen LogP contribution in [0.25, 0.3) is 11.5 Å². The van der Waals surface area contributed by atoms with Gasteiger partial charge in [-0.25, -0.2) is 28.1 Å². The van der Waals surface area contributed by atoms with Crippen LogP contribution < -0.4 is 10.5 Å². The van der Waals surface area contributed by atoms with E-state index in [1.165, 1.54) is 16.9 Å². The Kier molecular flexibility index (Phi) is 6.05. The minimum Gasteiger partial charge on any atom is -0.369 e. The van der Waals surface area contributed by atoms with Crippen molar-refractivity contribution in [1.29, 1.82) is 0 Å². The van der Waals surface area contributed by atoms with Crippen LogP contribution in [0.15, 0.2) is 29.5 Å². The normalized spacial score (nSPS) is 14.7. The maximum atomic E-state index is 12.7. The predicted octanol–water partition coefficient (Wildman–Crippen LogP) is 1.37. The summed E-state index contributed by atoms with van der Waals surface area (Å²) in [6.07, 6.45) is -4.72. The van der Waals surface area contributed by atoms with Crippen LogP contribution in [0.5, 0.6) is 0 Å². The molecule has 0 saturated carbocycles. The van der Waals surface area contributed by atoms with Gasteiger partial charge in [0.2, 0.25) is 0 Å². The summed E-state index contributed by atoms with van der Waals surface area (Å²) in [6.45, 7) is 0.00233. The van der Waals surface area contributed by atoms with Crippen molar-refractivity contribution in [3.05, 3.63) is 46.3 Å². The van der Waals surface area contributed by atoms with Gasteiger partial charge in [-0.15, -0.1) is 5.10 Å². The summed E-state index contributed by atoms with van der Waals surface area (Å²) in [6, 6.07) is 1.34. The minimum atomic E-state index is -4.58. The zero-order valence-corrected chi connectivity index (χ0v) is 17.1. The van der Waals surface area contributed by atoms with Crippen molar-refractivity contribution in [3.63, 3.8) is 0 Å². The second-order valence-corrected chi connectivity index (χ2v) is 7.26. The van der Waals surface area contributed by atoms with Crippen molar-refractivity contribution < 1.29 is 26.7 Å². The zero-order valence-electron chi connectivity index (χ0n) is 17.1. The molecule has 0 unspecified atom stereocenters. The zero-order chi connectivity index (χ0) is 23.8. The molecule has 15 heteroatoms. The standard InChI is InChI=1S/C18H17F5N8O2/c1-29-13(16(27-28-29)17-24-3-10(4-25-17)18(21,22)23)8-31-15(32)2-11(5-26-31)30-6-12(7-30)33-9-14(19)20/h2-5,12,14H,6-9H2,1H3. The van der Waals surface area contributed by atoms with Crippen LogP contribution in [0.1, 0.15) is 11.3 Å². The number of alkyl halides is 5. The third-order valence-corrected chi connectivity index (χ3v) is 4.96. The van der Waals surface area contributed by atoms with E-state index < -0.39 is 30.3 Å². The highest BCUT2D eigenvalue weighted by atomic mass is 19.4. The largest absolute Gasteiger partial charge is 0.419 e. The van der Waals surface area contributed by atoms with E-state index in [2.05, 4.69) is 25.4 Å². The first-order valence-electron chi connectivity index (χ1n) is 9.62. The number of anilines is 1. The summed E-state index contributed by atoms with van der Waals surface area (Å²) >= 11 is 0. The molecular weight excluding hydrogens is 455 g/mol. The Hall–Kier alpha value is -3.49. The predicted molar refractivity (Wildman–Crippen MR) is 103 cm³/mol. The Morgan fingerprint density at radius 3 is 2.48 bits per heavy atom. The molecule has 1 saturated heterocycles. The monoisotopic (exact) mass is 472 g/mol. The van der Waals surface area contributed by atoms with Gasteiger partial charge in [-0.2, -0.15) is 18.3 Å². The van der Waals surface area contributed by atoms with Crippen LogP contribution in [0, 0.1) is 0 Å². The molecule has 1 fully saturated rings. The van der Waals surface area contributed by atoms with E-state index in [0.29, 0.717) is 36.9 Å². The van der Waals surface area contributed by atoms with Crippen molar-refractivity contribution in [2.24, 2.45) is 7.05 Å². The Bertz CT molecular complexity index is 1170. The highest BCUT2D eigenvalue weighted by Crippen LogP contribution is 2.29. The van der Waals surface area contributed by atoms with Crippen LogP contribution >= 0.6 is 0 Å². The second kappa shape index (κ2) is 8.80.